The highest BCUT2D eigenvalue weighted by molar-refractivity contribution is 6.39. The van der Waals surface area contributed by atoms with Crippen LogP contribution < -0.4 is 24.4 Å². The molecule has 0 unspecified atom stereocenters. The highest BCUT2D eigenvalue weighted by Gasteiger charge is 2.36. The lowest BCUT2D eigenvalue weighted by molar-refractivity contribution is -0.122. The Morgan fingerprint density at radius 3 is 2.26 bits per heavy atom. The molecule has 0 saturated carbocycles. The maximum atomic E-state index is 13.1. The number of urea groups is 1. The summed E-state index contributed by atoms with van der Waals surface area (Å²) in [4.78, 5) is 39.0. The van der Waals surface area contributed by atoms with Gasteiger partial charge in [0.2, 0.25) is 0 Å². The molecule has 1 N–H and O–H groups in total. The van der Waals surface area contributed by atoms with E-state index in [2.05, 4.69) is 31.3 Å². The number of nitrogens with one attached hydrogen (secondary N) is 1. The van der Waals surface area contributed by atoms with Gasteiger partial charge in [-0.05, 0) is 72.9 Å². The van der Waals surface area contributed by atoms with Gasteiger partial charge >= 0.3 is 6.03 Å². The van der Waals surface area contributed by atoms with E-state index in [1.807, 2.05) is 19.1 Å². The van der Waals surface area contributed by atoms with Crippen molar-refractivity contribution in [3.05, 3.63) is 89.0 Å². The van der Waals surface area contributed by atoms with E-state index in [0.29, 0.717) is 41.9 Å². The fraction of sp³-hybridized carbons (Fsp3) is 0.258. The van der Waals surface area contributed by atoms with Gasteiger partial charge < -0.3 is 14.2 Å². The number of benzene rings is 3. The van der Waals surface area contributed by atoms with Gasteiger partial charge in [-0.1, -0.05) is 49.7 Å². The third-order valence-electron chi connectivity index (χ3n) is 6.56. The number of hydrogen-bond acceptors (Lipinski definition) is 6. The van der Waals surface area contributed by atoms with Crippen LogP contribution in [0.2, 0.25) is 0 Å². The van der Waals surface area contributed by atoms with Crippen molar-refractivity contribution in [2.24, 2.45) is 0 Å². The quantitative estimate of drug-likeness (QED) is 0.208. The molecule has 39 heavy (non-hydrogen) atoms. The van der Waals surface area contributed by atoms with Crippen LogP contribution >= 0.6 is 0 Å². The van der Waals surface area contributed by atoms with Crippen molar-refractivity contribution in [1.29, 1.82) is 0 Å². The van der Waals surface area contributed by atoms with Crippen LogP contribution in [0, 0.1) is 6.92 Å². The normalized spacial score (nSPS) is 15.2. The minimum absolute atomic E-state index is 0.168. The summed E-state index contributed by atoms with van der Waals surface area (Å²) in [5.41, 5.74) is 3.00. The third-order valence-corrected chi connectivity index (χ3v) is 6.56. The first-order valence-electron chi connectivity index (χ1n) is 12.8. The monoisotopic (exact) mass is 528 g/mol. The zero-order valence-corrected chi connectivity index (χ0v) is 22.5. The molecule has 202 valence electrons. The number of nitrogens with zero attached hydrogens (tertiary/aromatic N) is 1. The average molecular weight is 529 g/mol. The van der Waals surface area contributed by atoms with Gasteiger partial charge in [-0.15, -0.1) is 0 Å². The predicted molar refractivity (Wildman–Crippen MR) is 149 cm³/mol. The van der Waals surface area contributed by atoms with Gasteiger partial charge in [-0.2, -0.15) is 0 Å². The highest BCUT2D eigenvalue weighted by atomic mass is 16.5. The first kappa shape index (κ1) is 27.4. The van der Waals surface area contributed by atoms with Crippen molar-refractivity contribution in [1.82, 2.24) is 5.32 Å². The van der Waals surface area contributed by atoms with Crippen molar-refractivity contribution < 1.29 is 28.6 Å². The molecule has 8 heteroatoms. The zero-order valence-electron chi connectivity index (χ0n) is 22.5. The summed E-state index contributed by atoms with van der Waals surface area (Å²) in [6.07, 6.45) is 2.50. The predicted octanol–water partition coefficient (Wildman–Crippen LogP) is 5.64. The second-order valence-corrected chi connectivity index (χ2v) is 9.28. The number of carbonyl (C=O) groups is 3. The largest absolute Gasteiger partial charge is 0.493 e. The number of carbonyl (C=O) groups excluding carboxylic acids is 3. The SMILES string of the molecule is CC[C@H](C)c1ccc(OCCOc2ccc(/C=C3/C(=O)NC(=O)N(c4ccc(C)cc4)C3=O)cc2OC)cc1. The van der Waals surface area contributed by atoms with E-state index in [1.54, 1.807) is 42.5 Å². The zero-order chi connectivity index (χ0) is 27.9. The van der Waals surface area contributed by atoms with Crippen LogP contribution in [0.5, 0.6) is 17.2 Å². The number of ether oxygens (including phenoxy) is 3. The number of hydrogen-bond donors (Lipinski definition) is 1. The van der Waals surface area contributed by atoms with Crippen molar-refractivity contribution in [2.45, 2.75) is 33.1 Å². The van der Waals surface area contributed by atoms with Gasteiger partial charge in [0.15, 0.2) is 11.5 Å². The summed E-state index contributed by atoms with van der Waals surface area (Å²) in [5, 5.41) is 2.23. The maximum absolute atomic E-state index is 13.1. The topological polar surface area (TPSA) is 94.2 Å². The van der Waals surface area contributed by atoms with Crippen molar-refractivity contribution in [3.63, 3.8) is 0 Å². The van der Waals surface area contributed by atoms with Crippen LogP contribution in [0.15, 0.2) is 72.3 Å². The minimum Gasteiger partial charge on any atom is -0.493 e. The van der Waals surface area contributed by atoms with Crippen molar-refractivity contribution in [2.75, 3.05) is 25.2 Å². The van der Waals surface area contributed by atoms with E-state index >= 15 is 0 Å². The second kappa shape index (κ2) is 12.3. The smallest absolute Gasteiger partial charge is 0.335 e. The number of methoxy groups -OCH3 is 1. The molecule has 1 aliphatic rings. The van der Waals surface area contributed by atoms with Crippen molar-refractivity contribution >= 4 is 29.6 Å². The molecule has 0 radical (unpaired) electrons. The minimum atomic E-state index is -0.791. The molecular formula is C31H32N2O6. The fourth-order valence-electron chi connectivity index (χ4n) is 4.09. The average Bonchev–Trinajstić information content (AvgIpc) is 2.94. The lowest BCUT2D eigenvalue weighted by Gasteiger charge is -2.26. The third kappa shape index (κ3) is 6.46. The Bertz CT molecular complexity index is 1380. The van der Waals surface area contributed by atoms with Crippen LogP contribution in [0.3, 0.4) is 0 Å². The maximum Gasteiger partial charge on any atom is 0.335 e. The Morgan fingerprint density at radius 2 is 1.59 bits per heavy atom. The van der Waals surface area contributed by atoms with Gasteiger partial charge in [0.25, 0.3) is 11.8 Å². The molecule has 1 aliphatic heterocycles. The first-order valence-corrected chi connectivity index (χ1v) is 12.8. The van der Waals surface area contributed by atoms with E-state index in [4.69, 9.17) is 14.2 Å². The fourth-order valence-corrected chi connectivity index (χ4v) is 4.09. The van der Waals surface area contributed by atoms with Crippen LogP contribution in [-0.2, 0) is 9.59 Å². The Balaban J connectivity index is 1.42. The number of rotatable bonds is 10. The summed E-state index contributed by atoms with van der Waals surface area (Å²) < 4.78 is 17.1. The van der Waals surface area contributed by atoms with Crippen LogP contribution in [0.4, 0.5) is 10.5 Å². The van der Waals surface area contributed by atoms with E-state index in [9.17, 15) is 14.4 Å². The molecule has 1 heterocycles. The molecule has 1 atom stereocenters. The molecule has 8 nitrogen and oxygen atoms in total. The van der Waals surface area contributed by atoms with Crippen LogP contribution in [0.1, 0.15) is 42.9 Å². The Labute approximate surface area is 228 Å². The Morgan fingerprint density at radius 1 is 0.897 bits per heavy atom. The lowest BCUT2D eigenvalue weighted by atomic mass is 9.99. The molecule has 0 aliphatic carbocycles. The van der Waals surface area contributed by atoms with Crippen LogP contribution in [-0.4, -0.2) is 38.2 Å². The molecule has 1 saturated heterocycles. The molecular weight excluding hydrogens is 496 g/mol. The molecule has 0 bridgehead atoms. The van der Waals surface area contributed by atoms with Crippen molar-refractivity contribution in [3.8, 4) is 17.2 Å². The standard InChI is InChI=1S/C31H32N2O6/c1-5-21(3)23-9-13-25(14-10-23)38-16-17-39-27-15-8-22(19-28(27)37-4)18-26-29(34)32-31(36)33(30(26)35)24-11-6-20(2)7-12-24/h6-15,18-19,21H,5,16-17H2,1-4H3,(H,32,34,36)/b26-18-/t21-/m0/s1. The van der Waals surface area contributed by atoms with E-state index in [0.717, 1.165) is 22.6 Å². The Kier molecular flexibility index (Phi) is 8.66. The van der Waals surface area contributed by atoms with E-state index in [1.165, 1.54) is 18.7 Å². The first-order chi connectivity index (χ1) is 18.8. The molecule has 0 aromatic heterocycles. The highest BCUT2D eigenvalue weighted by Crippen LogP contribution is 2.30. The summed E-state index contributed by atoms with van der Waals surface area (Å²) in [7, 11) is 1.50. The number of anilines is 1. The lowest BCUT2D eigenvalue weighted by Crippen LogP contribution is -2.54. The van der Waals surface area contributed by atoms with E-state index in [-0.39, 0.29) is 5.57 Å². The molecule has 4 rings (SSSR count). The number of barbiturate groups is 1. The van der Waals surface area contributed by atoms with Gasteiger partial charge in [0, 0.05) is 0 Å². The molecule has 3 aromatic carbocycles. The summed E-state index contributed by atoms with van der Waals surface area (Å²) >= 11 is 0. The summed E-state index contributed by atoms with van der Waals surface area (Å²) in [5.74, 6) is 0.730. The number of aryl methyl sites for hydroxylation is 1. The number of imide groups is 2. The molecule has 3 aromatic rings. The van der Waals surface area contributed by atoms with Gasteiger partial charge in [0.1, 0.15) is 24.5 Å². The molecule has 4 amide bonds. The summed E-state index contributed by atoms with van der Waals surface area (Å²) in [6, 6.07) is 19.2. The van der Waals surface area contributed by atoms with Crippen LogP contribution in [0.25, 0.3) is 6.08 Å². The summed E-state index contributed by atoms with van der Waals surface area (Å²) in [6.45, 7) is 6.89. The number of amides is 4. The Hall–Kier alpha value is -4.59. The van der Waals surface area contributed by atoms with Gasteiger partial charge in [-0.25, -0.2) is 9.69 Å². The molecule has 1 fully saturated rings. The second-order valence-electron chi connectivity index (χ2n) is 9.28. The molecule has 0 spiro atoms. The van der Waals surface area contributed by atoms with Gasteiger partial charge in [-0.3, -0.25) is 14.9 Å². The van der Waals surface area contributed by atoms with E-state index < -0.39 is 17.8 Å². The van der Waals surface area contributed by atoms with Gasteiger partial charge in [0.05, 0.1) is 12.8 Å².